The van der Waals surface area contributed by atoms with Crippen LogP contribution < -0.4 is 14.8 Å². The highest BCUT2D eigenvalue weighted by Gasteiger charge is 2.28. The highest BCUT2D eigenvalue weighted by atomic mass is 79.9. The summed E-state index contributed by atoms with van der Waals surface area (Å²) in [5.41, 5.74) is -0.176. The van der Waals surface area contributed by atoms with Gasteiger partial charge in [-0.05, 0) is 29.8 Å². The van der Waals surface area contributed by atoms with Gasteiger partial charge in [0.2, 0.25) is 5.88 Å². The minimum absolute atomic E-state index is 0.0120. The summed E-state index contributed by atoms with van der Waals surface area (Å²) in [6.07, 6.45) is 1.59. The van der Waals surface area contributed by atoms with E-state index in [0.29, 0.717) is 17.0 Å². The van der Waals surface area contributed by atoms with E-state index in [4.69, 9.17) is 14.2 Å². The number of aromatic nitrogens is 2. The van der Waals surface area contributed by atoms with Gasteiger partial charge in [-0.15, -0.1) is 0 Å². The minimum atomic E-state index is -0.176. The first kappa shape index (κ1) is 14.5. The number of hydrogen-bond donors (Lipinski definition) is 1. The molecule has 1 aromatic heterocycles. The lowest BCUT2D eigenvalue weighted by molar-refractivity contribution is -0.107. The maximum atomic E-state index is 5.89. The molecule has 1 fully saturated rings. The van der Waals surface area contributed by atoms with Crippen molar-refractivity contribution in [3.05, 3.63) is 10.7 Å². The average molecular weight is 332 g/mol. The lowest BCUT2D eigenvalue weighted by atomic mass is 10.1. The van der Waals surface area contributed by atoms with Crippen molar-refractivity contribution in [1.29, 1.82) is 0 Å². The number of hydrogen-bond acceptors (Lipinski definition) is 6. The first-order chi connectivity index (χ1) is 9.00. The van der Waals surface area contributed by atoms with Crippen molar-refractivity contribution in [2.24, 2.45) is 0 Å². The normalized spacial score (nSPS) is 22.0. The van der Waals surface area contributed by atoms with Crippen LogP contribution in [0.4, 0.5) is 0 Å². The van der Waals surface area contributed by atoms with Gasteiger partial charge >= 0.3 is 6.01 Å². The Kier molecular flexibility index (Phi) is 4.59. The predicted molar refractivity (Wildman–Crippen MR) is 73.6 cm³/mol. The Morgan fingerprint density at radius 3 is 3.05 bits per heavy atom. The molecule has 1 aliphatic heterocycles. The first-order valence-corrected chi connectivity index (χ1v) is 6.87. The van der Waals surface area contributed by atoms with Crippen molar-refractivity contribution < 1.29 is 14.2 Å². The van der Waals surface area contributed by atoms with Crippen LogP contribution in [0, 0.1) is 0 Å². The number of nitrogens with zero attached hydrogens (tertiary/aromatic N) is 2. The van der Waals surface area contributed by atoms with Gasteiger partial charge in [-0.25, -0.2) is 4.98 Å². The van der Waals surface area contributed by atoms with Gasteiger partial charge in [0.15, 0.2) is 0 Å². The lowest BCUT2D eigenvalue weighted by Gasteiger charge is -2.36. The molecular formula is C12H18BrN3O3. The third-order valence-corrected chi connectivity index (χ3v) is 3.23. The van der Waals surface area contributed by atoms with E-state index in [-0.39, 0.29) is 17.7 Å². The Labute approximate surface area is 121 Å². The van der Waals surface area contributed by atoms with E-state index in [1.54, 1.807) is 13.3 Å². The topological polar surface area (TPSA) is 65.5 Å². The van der Waals surface area contributed by atoms with Crippen molar-refractivity contribution in [1.82, 2.24) is 15.3 Å². The summed E-state index contributed by atoms with van der Waals surface area (Å²) in [6, 6.07) is 0.284. The van der Waals surface area contributed by atoms with Crippen LogP contribution in [-0.4, -0.2) is 48.5 Å². The van der Waals surface area contributed by atoms with E-state index >= 15 is 0 Å². The molecular weight excluding hydrogens is 314 g/mol. The molecule has 1 aliphatic rings. The summed E-state index contributed by atoms with van der Waals surface area (Å²) in [5.74, 6) is 0.452. The van der Waals surface area contributed by atoms with Crippen molar-refractivity contribution in [3.63, 3.8) is 0 Å². The van der Waals surface area contributed by atoms with Gasteiger partial charge in [0.25, 0.3) is 0 Å². The third kappa shape index (κ3) is 4.02. The highest BCUT2D eigenvalue weighted by Crippen LogP contribution is 2.23. The number of morpholine rings is 1. The number of rotatable bonds is 4. The minimum Gasteiger partial charge on any atom is -0.480 e. The second-order valence-electron chi connectivity index (χ2n) is 4.95. The quantitative estimate of drug-likeness (QED) is 0.899. The van der Waals surface area contributed by atoms with Gasteiger partial charge in [-0.3, -0.25) is 0 Å². The van der Waals surface area contributed by atoms with E-state index in [1.807, 2.05) is 13.8 Å². The molecule has 0 bridgehead atoms. The monoisotopic (exact) mass is 331 g/mol. The maximum absolute atomic E-state index is 5.89. The molecule has 0 amide bonds. The molecule has 6 nitrogen and oxygen atoms in total. The summed E-state index contributed by atoms with van der Waals surface area (Å²) in [6.45, 7) is 6.10. The molecule has 0 radical (unpaired) electrons. The van der Waals surface area contributed by atoms with E-state index < -0.39 is 0 Å². The Balaban J connectivity index is 1.91. The van der Waals surface area contributed by atoms with Crippen LogP contribution in [0.3, 0.4) is 0 Å². The largest absolute Gasteiger partial charge is 0.480 e. The molecule has 0 aliphatic carbocycles. The number of ether oxygens (including phenoxy) is 3. The second-order valence-corrected chi connectivity index (χ2v) is 5.81. The Morgan fingerprint density at radius 2 is 2.37 bits per heavy atom. The fourth-order valence-electron chi connectivity index (χ4n) is 1.88. The fraction of sp³-hybridized carbons (Fsp3) is 0.667. The zero-order chi connectivity index (χ0) is 13.9. The third-order valence-electron chi connectivity index (χ3n) is 2.69. The molecule has 7 heteroatoms. The lowest BCUT2D eigenvalue weighted by Crippen LogP contribution is -2.52. The molecule has 1 unspecified atom stereocenters. The van der Waals surface area contributed by atoms with Crippen molar-refractivity contribution in [2.75, 3.05) is 26.8 Å². The Bertz CT molecular complexity index is 442. The highest BCUT2D eigenvalue weighted by molar-refractivity contribution is 9.10. The van der Waals surface area contributed by atoms with Gasteiger partial charge < -0.3 is 19.5 Å². The molecule has 1 atom stereocenters. The summed E-state index contributed by atoms with van der Waals surface area (Å²) in [5, 5.41) is 3.32. The zero-order valence-corrected chi connectivity index (χ0v) is 12.9. The summed E-state index contributed by atoms with van der Waals surface area (Å²) < 4.78 is 17.2. The van der Waals surface area contributed by atoms with Gasteiger partial charge in [0.1, 0.15) is 12.7 Å². The predicted octanol–water partition coefficient (Wildman–Crippen LogP) is 1.39. The van der Waals surface area contributed by atoms with Crippen LogP contribution in [0.5, 0.6) is 11.9 Å². The van der Waals surface area contributed by atoms with Crippen molar-refractivity contribution in [3.8, 4) is 11.9 Å². The number of nitrogens with one attached hydrogen (secondary N) is 1. The smallest absolute Gasteiger partial charge is 0.319 e. The van der Waals surface area contributed by atoms with E-state index in [9.17, 15) is 0 Å². The van der Waals surface area contributed by atoms with E-state index in [2.05, 4.69) is 31.2 Å². The maximum Gasteiger partial charge on any atom is 0.319 e. The second kappa shape index (κ2) is 6.02. The van der Waals surface area contributed by atoms with E-state index in [0.717, 1.165) is 13.1 Å². The first-order valence-electron chi connectivity index (χ1n) is 6.08. The van der Waals surface area contributed by atoms with Gasteiger partial charge in [0.05, 0.1) is 23.4 Å². The summed E-state index contributed by atoms with van der Waals surface area (Å²) >= 11 is 3.29. The molecule has 1 saturated heterocycles. The fourth-order valence-corrected chi connectivity index (χ4v) is 2.23. The Morgan fingerprint density at radius 1 is 1.58 bits per heavy atom. The molecule has 0 saturated carbocycles. The number of halogens is 1. The molecule has 19 heavy (non-hydrogen) atoms. The molecule has 106 valence electrons. The molecule has 0 aromatic carbocycles. The van der Waals surface area contributed by atoms with Crippen LogP contribution in [0.25, 0.3) is 0 Å². The molecule has 0 spiro atoms. The van der Waals surface area contributed by atoms with Crippen molar-refractivity contribution >= 4 is 15.9 Å². The van der Waals surface area contributed by atoms with Crippen LogP contribution in [-0.2, 0) is 4.74 Å². The zero-order valence-electron chi connectivity index (χ0n) is 11.3. The molecule has 1 N–H and O–H groups in total. The molecule has 2 heterocycles. The SMILES string of the molecule is COc1nc(OCC2CNCC(C)(C)O2)ncc1Br. The summed E-state index contributed by atoms with van der Waals surface area (Å²) in [4.78, 5) is 8.20. The Hall–Kier alpha value is -0.920. The van der Waals surface area contributed by atoms with Gasteiger partial charge in [-0.1, -0.05) is 0 Å². The van der Waals surface area contributed by atoms with Crippen LogP contribution >= 0.6 is 15.9 Å². The van der Waals surface area contributed by atoms with Crippen LogP contribution in [0.15, 0.2) is 10.7 Å². The van der Waals surface area contributed by atoms with Crippen LogP contribution in [0.2, 0.25) is 0 Å². The number of methoxy groups -OCH3 is 1. The van der Waals surface area contributed by atoms with Crippen LogP contribution in [0.1, 0.15) is 13.8 Å². The van der Waals surface area contributed by atoms with Crippen molar-refractivity contribution in [2.45, 2.75) is 25.6 Å². The molecule has 2 rings (SSSR count). The standard InChI is InChI=1S/C12H18BrN3O3/c1-12(2)7-14-4-8(19-12)6-18-11-15-5-9(13)10(16-11)17-3/h5,8,14H,4,6-7H2,1-3H3. The summed E-state index contributed by atoms with van der Waals surface area (Å²) in [7, 11) is 1.55. The van der Waals surface area contributed by atoms with E-state index in [1.165, 1.54) is 0 Å². The molecule has 1 aromatic rings. The average Bonchev–Trinajstić information content (AvgIpc) is 2.36. The van der Waals surface area contributed by atoms with Gasteiger partial charge in [0, 0.05) is 13.1 Å². The van der Waals surface area contributed by atoms with Gasteiger partial charge in [-0.2, -0.15) is 4.98 Å².